The van der Waals surface area contributed by atoms with E-state index in [0.29, 0.717) is 0 Å². The average molecular weight is 618 g/mol. The molecular weight excluding hydrogens is 572 g/mol. The van der Waals surface area contributed by atoms with Crippen molar-refractivity contribution in [3.8, 4) is 0 Å². The standard InChI is InChI=1S/C34H45N3.2ClH.V/c1-8-14-27-18-12-19-28(15-9-2)33(27)35-25(6)31-22-24(5)23-32(37-31)26(7)36-34-29(16-10-3)20-13-21-30(34)17-11-4;;;/h12-13,18-23H,8-11,14-17H2,1-7H3;2*1H;/q;;;+2/p-2. The van der Waals surface area contributed by atoms with E-state index in [1.807, 2.05) is 0 Å². The van der Waals surface area contributed by atoms with Crippen molar-refractivity contribution < 1.29 is 43.4 Å². The Morgan fingerprint density at radius 3 is 1.18 bits per heavy atom. The zero-order valence-corrected chi connectivity index (χ0v) is 28.2. The molecule has 1 radical (unpaired) electrons. The van der Waals surface area contributed by atoms with Crippen molar-refractivity contribution in [3.63, 3.8) is 0 Å². The quantitative estimate of drug-likeness (QED) is 0.287. The van der Waals surface area contributed by atoms with Gasteiger partial charge in [-0.1, -0.05) is 89.8 Å². The third-order valence-electron chi connectivity index (χ3n) is 6.75. The third-order valence-corrected chi connectivity index (χ3v) is 6.75. The van der Waals surface area contributed by atoms with Crippen molar-refractivity contribution >= 4 is 22.8 Å². The predicted molar refractivity (Wildman–Crippen MR) is 162 cm³/mol. The number of aliphatic imine (C=N–C) groups is 2. The molecule has 0 bridgehead atoms. The van der Waals surface area contributed by atoms with Gasteiger partial charge in [0, 0.05) is 0 Å². The van der Waals surface area contributed by atoms with Gasteiger partial charge >= 0.3 is 18.6 Å². The molecule has 0 fully saturated rings. The first kappa shape index (κ1) is 38.1. The number of benzene rings is 2. The van der Waals surface area contributed by atoms with E-state index in [1.54, 1.807) is 0 Å². The molecular formula is C34H45Cl2N3V. The fraction of sp³-hybridized carbons (Fsp3) is 0.441. The van der Waals surface area contributed by atoms with Crippen LogP contribution in [0, 0.1) is 6.92 Å². The number of halogens is 2. The molecule has 6 heteroatoms. The average Bonchev–Trinajstić information content (AvgIpc) is 2.87. The first-order chi connectivity index (χ1) is 17.9. The van der Waals surface area contributed by atoms with Crippen LogP contribution in [0.3, 0.4) is 0 Å². The molecule has 0 saturated heterocycles. The van der Waals surface area contributed by atoms with Crippen LogP contribution >= 0.6 is 0 Å². The van der Waals surface area contributed by atoms with Crippen LogP contribution in [0.25, 0.3) is 0 Å². The molecule has 0 aliphatic heterocycles. The number of para-hydroxylation sites is 2. The molecule has 0 aliphatic rings. The van der Waals surface area contributed by atoms with Crippen LogP contribution in [0.5, 0.6) is 0 Å². The molecule has 0 aliphatic carbocycles. The Balaban J connectivity index is 0.00000507. The maximum absolute atomic E-state index is 5.18. The Labute approximate surface area is 267 Å². The molecule has 40 heavy (non-hydrogen) atoms. The van der Waals surface area contributed by atoms with Gasteiger partial charge in [-0.15, -0.1) is 0 Å². The van der Waals surface area contributed by atoms with Gasteiger partial charge in [-0.3, -0.25) is 9.98 Å². The van der Waals surface area contributed by atoms with Crippen molar-refractivity contribution in [2.45, 2.75) is 99.8 Å². The normalized spacial score (nSPS) is 11.4. The minimum atomic E-state index is 0. The van der Waals surface area contributed by atoms with Gasteiger partial charge in [0.2, 0.25) is 0 Å². The molecule has 1 heterocycles. The Morgan fingerprint density at radius 2 is 0.900 bits per heavy atom. The van der Waals surface area contributed by atoms with Crippen molar-refractivity contribution in [2.75, 3.05) is 0 Å². The maximum atomic E-state index is 5.18. The number of aryl methyl sites for hydroxylation is 5. The minimum absolute atomic E-state index is 0. The number of aromatic nitrogens is 1. The van der Waals surface area contributed by atoms with Crippen molar-refractivity contribution in [1.29, 1.82) is 0 Å². The number of hydrogen-bond donors (Lipinski definition) is 0. The molecule has 215 valence electrons. The second-order valence-corrected chi connectivity index (χ2v) is 10.2. The predicted octanol–water partition coefficient (Wildman–Crippen LogP) is 3.49. The van der Waals surface area contributed by atoms with Crippen LogP contribution in [0.15, 0.2) is 58.5 Å². The van der Waals surface area contributed by atoms with Gasteiger partial charge in [0.25, 0.3) is 0 Å². The third kappa shape index (κ3) is 10.2. The molecule has 2 aromatic carbocycles. The van der Waals surface area contributed by atoms with Gasteiger partial charge in [-0.2, -0.15) is 0 Å². The summed E-state index contributed by atoms with van der Waals surface area (Å²) in [5.74, 6) is 0. The van der Waals surface area contributed by atoms with E-state index in [-0.39, 0.29) is 43.4 Å². The number of nitrogens with zero attached hydrogens (tertiary/aromatic N) is 3. The fourth-order valence-corrected chi connectivity index (χ4v) is 4.95. The molecule has 0 atom stereocenters. The second kappa shape index (κ2) is 19.3. The van der Waals surface area contributed by atoms with Crippen LogP contribution < -0.4 is 24.8 Å². The van der Waals surface area contributed by atoms with E-state index in [0.717, 1.165) is 85.6 Å². The molecule has 0 spiro atoms. The van der Waals surface area contributed by atoms with Gasteiger partial charge in [0.05, 0.1) is 34.2 Å². The Morgan fingerprint density at radius 1 is 0.600 bits per heavy atom. The van der Waals surface area contributed by atoms with Crippen LogP contribution in [0.2, 0.25) is 0 Å². The number of hydrogen-bond acceptors (Lipinski definition) is 3. The molecule has 3 rings (SSSR count). The van der Waals surface area contributed by atoms with Crippen LogP contribution in [-0.2, 0) is 44.2 Å². The Hall–Kier alpha value is -1.91. The molecule has 0 unspecified atom stereocenters. The van der Waals surface area contributed by atoms with Gasteiger partial charge in [0.15, 0.2) is 0 Å². The summed E-state index contributed by atoms with van der Waals surface area (Å²) >= 11 is 0. The molecule has 0 amide bonds. The summed E-state index contributed by atoms with van der Waals surface area (Å²) in [6.07, 6.45) is 8.60. The maximum Gasteiger partial charge on any atom is 2.00 e. The van der Waals surface area contributed by atoms with E-state index in [4.69, 9.17) is 15.0 Å². The molecule has 0 N–H and O–H groups in total. The molecule has 3 aromatic rings. The van der Waals surface area contributed by atoms with E-state index in [9.17, 15) is 0 Å². The van der Waals surface area contributed by atoms with E-state index >= 15 is 0 Å². The zero-order valence-electron chi connectivity index (χ0n) is 25.3. The van der Waals surface area contributed by atoms with Crippen LogP contribution in [0.1, 0.15) is 106 Å². The SMILES string of the molecule is CCCc1cccc(CCC)c1N=C(C)c1cc(C)cc(C(C)=Nc2c(CCC)cccc2CCC)n1.[Cl-].[Cl-].[V+2]. The fourth-order valence-electron chi connectivity index (χ4n) is 4.95. The van der Waals surface area contributed by atoms with Crippen molar-refractivity contribution in [1.82, 2.24) is 4.98 Å². The summed E-state index contributed by atoms with van der Waals surface area (Å²) in [5.41, 5.74) is 12.5. The Kier molecular flexibility index (Phi) is 18.3. The second-order valence-electron chi connectivity index (χ2n) is 10.2. The first-order valence-corrected chi connectivity index (χ1v) is 14.2. The summed E-state index contributed by atoms with van der Waals surface area (Å²) in [6.45, 7) is 15.2. The van der Waals surface area contributed by atoms with Crippen LogP contribution in [0.4, 0.5) is 11.4 Å². The summed E-state index contributed by atoms with van der Waals surface area (Å²) in [4.78, 5) is 15.4. The van der Waals surface area contributed by atoms with Gasteiger partial charge in [-0.25, -0.2) is 4.98 Å². The topological polar surface area (TPSA) is 37.6 Å². The van der Waals surface area contributed by atoms with Crippen molar-refractivity contribution in [2.24, 2.45) is 9.98 Å². The largest absolute Gasteiger partial charge is 2.00 e. The molecule has 0 saturated carbocycles. The molecule has 3 nitrogen and oxygen atoms in total. The smallest absolute Gasteiger partial charge is 1.00 e. The summed E-state index contributed by atoms with van der Waals surface area (Å²) in [7, 11) is 0. The Bertz CT molecular complexity index is 1130. The number of pyridine rings is 1. The summed E-state index contributed by atoms with van der Waals surface area (Å²) in [5, 5.41) is 0. The van der Waals surface area contributed by atoms with E-state index in [1.165, 1.54) is 27.8 Å². The van der Waals surface area contributed by atoms with E-state index in [2.05, 4.69) is 97.0 Å². The van der Waals surface area contributed by atoms with Crippen molar-refractivity contribution in [3.05, 3.63) is 87.7 Å². The van der Waals surface area contributed by atoms with Gasteiger partial charge < -0.3 is 24.8 Å². The number of rotatable bonds is 12. The summed E-state index contributed by atoms with van der Waals surface area (Å²) in [6, 6.07) is 17.5. The molecule has 1 aromatic heterocycles. The van der Waals surface area contributed by atoms with E-state index < -0.39 is 0 Å². The van der Waals surface area contributed by atoms with Crippen LogP contribution in [-0.4, -0.2) is 16.4 Å². The van der Waals surface area contributed by atoms with Gasteiger partial charge in [-0.05, 0) is 86.4 Å². The minimum Gasteiger partial charge on any atom is -1.00 e. The monoisotopic (exact) mass is 616 g/mol. The first-order valence-electron chi connectivity index (χ1n) is 14.2. The van der Waals surface area contributed by atoms with Gasteiger partial charge in [0.1, 0.15) is 0 Å². The summed E-state index contributed by atoms with van der Waals surface area (Å²) < 4.78 is 0. The zero-order chi connectivity index (χ0) is 26.8.